The van der Waals surface area contributed by atoms with E-state index in [4.69, 9.17) is 9.47 Å². The summed E-state index contributed by atoms with van der Waals surface area (Å²) in [4.78, 5) is 28.2. The molecule has 0 aromatic heterocycles. The van der Waals surface area contributed by atoms with Crippen molar-refractivity contribution < 1.29 is 24.2 Å². The number of ketones is 1. The number of nitrogens with zero attached hydrogens (tertiary/aromatic N) is 1. The van der Waals surface area contributed by atoms with Crippen molar-refractivity contribution in [3.63, 3.8) is 0 Å². The van der Waals surface area contributed by atoms with Gasteiger partial charge in [0.05, 0.1) is 36.9 Å². The van der Waals surface area contributed by atoms with Crippen molar-refractivity contribution in [3.05, 3.63) is 99.0 Å². The van der Waals surface area contributed by atoms with E-state index in [1.165, 1.54) is 4.90 Å². The van der Waals surface area contributed by atoms with Gasteiger partial charge in [0.1, 0.15) is 17.3 Å². The predicted molar refractivity (Wildman–Crippen MR) is 142 cm³/mol. The fourth-order valence-electron chi connectivity index (χ4n) is 4.44. The molecule has 1 saturated heterocycles. The largest absolute Gasteiger partial charge is 0.507 e. The van der Waals surface area contributed by atoms with Gasteiger partial charge < -0.3 is 19.5 Å². The van der Waals surface area contributed by atoms with Crippen LogP contribution in [-0.4, -0.2) is 35.9 Å². The Hall–Kier alpha value is -3.58. The fraction of sp³-hybridized carbons (Fsp3) is 0.241. The van der Waals surface area contributed by atoms with Crippen molar-refractivity contribution >= 4 is 33.4 Å². The van der Waals surface area contributed by atoms with Crippen LogP contribution in [0.5, 0.6) is 11.5 Å². The third-order valence-electron chi connectivity index (χ3n) is 6.42. The molecule has 1 aliphatic heterocycles. The van der Waals surface area contributed by atoms with Crippen LogP contribution >= 0.6 is 15.9 Å². The van der Waals surface area contributed by atoms with E-state index >= 15 is 0 Å². The molecule has 1 unspecified atom stereocenters. The lowest BCUT2D eigenvalue weighted by atomic mass is 9.93. The Kier molecular flexibility index (Phi) is 7.50. The van der Waals surface area contributed by atoms with Gasteiger partial charge >= 0.3 is 0 Å². The summed E-state index contributed by atoms with van der Waals surface area (Å²) in [6, 6.07) is 19.4. The average molecular weight is 550 g/mol. The van der Waals surface area contributed by atoms with Crippen LogP contribution in [0.3, 0.4) is 0 Å². The van der Waals surface area contributed by atoms with Crippen LogP contribution < -0.4 is 9.47 Å². The lowest BCUT2D eigenvalue weighted by Crippen LogP contribution is -2.29. The molecule has 0 saturated carbocycles. The number of benzene rings is 3. The third kappa shape index (κ3) is 4.75. The van der Waals surface area contributed by atoms with Gasteiger partial charge in [-0.25, -0.2) is 0 Å². The van der Waals surface area contributed by atoms with E-state index in [0.717, 1.165) is 16.7 Å². The van der Waals surface area contributed by atoms with Gasteiger partial charge in [-0.15, -0.1) is 0 Å². The van der Waals surface area contributed by atoms with Crippen LogP contribution in [0.2, 0.25) is 0 Å². The maximum Gasteiger partial charge on any atom is 0.295 e. The normalized spacial score (nSPS) is 17.1. The second-order valence-electron chi connectivity index (χ2n) is 8.91. The van der Waals surface area contributed by atoms with Crippen molar-refractivity contribution in [2.45, 2.75) is 32.4 Å². The van der Waals surface area contributed by atoms with Gasteiger partial charge in [0.2, 0.25) is 0 Å². The first-order chi connectivity index (χ1) is 17.3. The molecule has 1 atom stereocenters. The standard InChI is InChI=1S/C29H28BrNO5/c1-17(2)18-9-11-19(12-10-18)26-25(27(32)20-13-14-24(36-4)22(30)15-20)28(33)29(34)31(26)16-21-7-5-6-8-23(21)35-3/h5-15,17,26,32H,16H2,1-4H3/b27-25-. The van der Waals surface area contributed by atoms with Crippen LogP contribution in [-0.2, 0) is 16.1 Å². The number of methoxy groups -OCH3 is 2. The first-order valence-corrected chi connectivity index (χ1v) is 12.4. The summed E-state index contributed by atoms with van der Waals surface area (Å²) in [6.07, 6.45) is 0. The van der Waals surface area contributed by atoms with Gasteiger partial charge in [-0.1, -0.05) is 56.3 Å². The molecule has 0 radical (unpaired) electrons. The number of aliphatic hydroxyl groups is 1. The number of para-hydroxylation sites is 1. The second-order valence-corrected chi connectivity index (χ2v) is 9.76. The molecule has 7 heteroatoms. The van der Waals surface area contributed by atoms with Crippen molar-refractivity contribution in [3.8, 4) is 11.5 Å². The molecule has 186 valence electrons. The minimum absolute atomic E-state index is 0.0456. The van der Waals surface area contributed by atoms with Crippen molar-refractivity contribution in [1.29, 1.82) is 0 Å². The third-order valence-corrected chi connectivity index (χ3v) is 7.04. The van der Waals surface area contributed by atoms with Crippen molar-refractivity contribution in [2.75, 3.05) is 14.2 Å². The van der Waals surface area contributed by atoms with Crippen molar-refractivity contribution in [1.82, 2.24) is 4.90 Å². The smallest absolute Gasteiger partial charge is 0.295 e. The quantitative estimate of drug-likeness (QED) is 0.215. The number of carbonyl (C=O) groups excluding carboxylic acids is 2. The summed E-state index contributed by atoms with van der Waals surface area (Å²) in [5.74, 6) is -0.107. The highest BCUT2D eigenvalue weighted by Crippen LogP contribution is 2.42. The van der Waals surface area contributed by atoms with Gasteiger partial charge in [0.15, 0.2) is 0 Å². The van der Waals surface area contributed by atoms with Crippen LogP contribution in [0, 0.1) is 0 Å². The lowest BCUT2D eigenvalue weighted by Gasteiger charge is -2.26. The Balaban J connectivity index is 1.87. The van der Waals surface area contributed by atoms with E-state index in [1.807, 2.05) is 48.5 Å². The van der Waals surface area contributed by atoms with Gasteiger partial charge in [-0.2, -0.15) is 0 Å². The molecule has 3 aromatic carbocycles. The summed E-state index contributed by atoms with van der Waals surface area (Å²) >= 11 is 3.43. The molecule has 36 heavy (non-hydrogen) atoms. The van der Waals surface area contributed by atoms with E-state index in [-0.39, 0.29) is 17.9 Å². The predicted octanol–water partition coefficient (Wildman–Crippen LogP) is 6.21. The average Bonchev–Trinajstić information content (AvgIpc) is 3.13. The molecular formula is C29H28BrNO5. The molecule has 3 aromatic rings. The van der Waals surface area contributed by atoms with Gasteiger partial charge in [0.25, 0.3) is 11.7 Å². The zero-order valence-electron chi connectivity index (χ0n) is 20.6. The summed E-state index contributed by atoms with van der Waals surface area (Å²) < 4.78 is 11.4. The number of rotatable bonds is 7. The van der Waals surface area contributed by atoms with Crippen molar-refractivity contribution in [2.24, 2.45) is 0 Å². The first-order valence-electron chi connectivity index (χ1n) is 11.6. The highest BCUT2D eigenvalue weighted by atomic mass is 79.9. The zero-order chi connectivity index (χ0) is 26.0. The number of carbonyl (C=O) groups is 2. The summed E-state index contributed by atoms with van der Waals surface area (Å²) in [6.45, 7) is 4.35. The Morgan fingerprint density at radius 3 is 2.25 bits per heavy atom. The lowest BCUT2D eigenvalue weighted by molar-refractivity contribution is -0.140. The Bertz CT molecular complexity index is 1330. The molecule has 4 rings (SSSR count). The topological polar surface area (TPSA) is 76.1 Å². The second kappa shape index (κ2) is 10.6. The first kappa shape index (κ1) is 25.5. The zero-order valence-corrected chi connectivity index (χ0v) is 22.2. The van der Waals surface area contributed by atoms with Gasteiger partial charge in [-0.05, 0) is 57.2 Å². The Labute approximate surface area is 219 Å². The minimum atomic E-state index is -0.767. The molecule has 0 aliphatic carbocycles. The van der Waals surface area contributed by atoms with Crippen LogP contribution in [0.25, 0.3) is 5.76 Å². The number of hydrogen-bond acceptors (Lipinski definition) is 5. The van der Waals surface area contributed by atoms with E-state index in [2.05, 4.69) is 29.8 Å². The number of ether oxygens (including phenoxy) is 2. The number of halogens is 1. The van der Waals surface area contributed by atoms with Gasteiger partial charge in [-0.3, -0.25) is 9.59 Å². The summed E-state index contributed by atoms with van der Waals surface area (Å²) in [5, 5.41) is 11.3. The fourth-order valence-corrected chi connectivity index (χ4v) is 4.98. The molecular weight excluding hydrogens is 522 g/mol. The van der Waals surface area contributed by atoms with Crippen LogP contribution in [0.4, 0.5) is 0 Å². The highest BCUT2D eigenvalue weighted by Gasteiger charge is 2.46. The molecule has 1 heterocycles. The molecule has 1 aliphatic rings. The van der Waals surface area contributed by atoms with E-state index in [9.17, 15) is 14.7 Å². The molecule has 0 spiro atoms. The molecule has 1 fully saturated rings. The maximum absolute atomic E-state index is 13.4. The number of amides is 1. The maximum atomic E-state index is 13.4. The highest BCUT2D eigenvalue weighted by molar-refractivity contribution is 9.10. The Morgan fingerprint density at radius 1 is 0.972 bits per heavy atom. The van der Waals surface area contributed by atoms with E-state index in [0.29, 0.717) is 27.5 Å². The number of likely N-dealkylation sites (tertiary alicyclic amines) is 1. The number of aliphatic hydroxyl groups excluding tert-OH is 1. The molecule has 0 bridgehead atoms. The van der Waals surface area contributed by atoms with Crippen LogP contribution in [0.1, 0.15) is 48.1 Å². The number of hydrogen-bond donors (Lipinski definition) is 1. The summed E-state index contributed by atoms with van der Waals surface area (Å²) in [7, 11) is 3.11. The van der Waals surface area contributed by atoms with E-state index < -0.39 is 17.7 Å². The molecule has 1 amide bonds. The molecule has 1 N–H and O–H groups in total. The summed E-state index contributed by atoms with van der Waals surface area (Å²) in [5.41, 5.74) is 3.09. The van der Waals surface area contributed by atoms with E-state index in [1.54, 1.807) is 32.4 Å². The minimum Gasteiger partial charge on any atom is -0.507 e. The monoisotopic (exact) mass is 549 g/mol. The molecule has 6 nitrogen and oxygen atoms in total. The number of Topliss-reactive ketones (excluding diaryl/α,β-unsaturated/α-hetero) is 1. The SMILES string of the molecule is COc1ccc(/C(O)=C2/C(=O)C(=O)N(Cc3ccccc3OC)C2c2ccc(C(C)C)cc2)cc1Br. The Morgan fingerprint density at radius 2 is 1.64 bits per heavy atom. The van der Waals surface area contributed by atoms with Crippen LogP contribution in [0.15, 0.2) is 76.8 Å². The van der Waals surface area contributed by atoms with Gasteiger partial charge in [0, 0.05) is 11.1 Å².